The largest absolute Gasteiger partial charge is 0.332 e. The molecule has 23 heavy (non-hydrogen) atoms. The Hall–Kier alpha value is -1.85. The SMILES string of the molecule is C/C=C(\C)c1n[nH]c2c1CCN(C(=O)c1ccnc(Cl)c1Cl)C2. The van der Waals surface area contributed by atoms with Gasteiger partial charge in [-0.15, -0.1) is 0 Å². The monoisotopic (exact) mass is 350 g/mol. The smallest absolute Gasteiger partial charge is 0.255 e. The second-order valence-electron chi connectivity index (χ2n) is 5.44. The topological polar surface area (TPSA) is 61.9 Å². The first-order valence-electron chi connectivity index (χ1n) is 7.31. The minimum atomic E-state index is -0.149. The van der Waals surface area contributed by atoms with E-state index in [2.05, 4.69) is 15.2 Å². The molecule has 0 atom stereocenters. The zero-order valence-electron chi connectivity index (χ0n) is 12.9. The van der Waals surface area contributed by atoms with E-state index in [1.165, 1.54) is 11.8 Å². The van der Waals surface area contributed by atoms with Gasteiger partial charge in [0.05, 0.1) is 28.5 Å². The van der Waals surface area contributed by atoms with Crippen molar-refractivity contribution < 1.29 is 4.79 Å². The highest BCUT2D eigenvalue weighted by Crippen LogP contribution is 2.28. The molecule has 2 aromatic heterocycles. The Kier molecular flexibility index (Phi) is 4.41. The molecule has 0 spiro atoms. The van der Waals surface area contributed by atoms with E-state index in [1.54, 1.807) is 11.0 Å². The Balaban J connectivity index is 1.86. The van der Waals surface area contributed by atoms with Gasteiger partial charge in [-0.1, -0.05) is 29.3 Å². The summed E-state index contributed by atoms with van der Waals surface area (Å²) in [6, 6.07) is 1.59. The second-order valence-corrected chi connectivity index (χ2v) is 6.18. The van der Waals surface area contributed by atoms with Gasteiger partial charge in [-0.05, 0) is 31.9 Å². The number of H-pyrrole nitrogens is 1. The van der Waals surface area contributed by atoms with Crippen LogP contribution in [0.15, 0.2) is 18.3 Å². The zero-order chi connectivity index (χ0) is 16.6. The van der Waals surface area contributed by atoms with Crippen molar-refractivity contribution in [1.29, 1.82) is 0 Å². The maximum atomic E-state index is 12.7. The summed E-state index contributed by atoms with van der Waals surface area (Å²) < 4.78 is 0. The zero-order valence-corrected chi connectivity index (χ0v) is 14.4. The Morgan fingerprint density at radius 3 is 2.96 bits per heavy atom. The third-order valence-corrected chi connectivity index (χ3v) is 4.87. The van der Waals surface area contributed by atoms with E-state index in [1.807, 2.05) is 19.9 Å². The summed E-state index contributed by atoms with van der Waals surface area (Å²) in [6.45, 7) is 5.12. The number of hydrogen-bond donors (Lipinski definition) is 1. The molecule has 1 N–H and O–H groups in total. The first-order chi connectivity index (χ1) is 11.0. The number of nitrogens with one attached hydrogen (secondary N) is 1. The van der Waals surface area contributed by atoms with Crippen LogP contribution in [0.4, 0.5) is 0 Å². The van der Waals surface area contributed by atoms with E-state index in [0.29, 0.717) is 18.7 Å². The van der Waals surface area contributed by atoms with Crippen LogP contribution in [-0.4, -0.2) is 32.5 Å². The van der Waals surface area contributed by atoms with Crippen molar-refractivity contribution in [1.82, 2.24) is 20.1 Å². The molecule has 3 rings (SSSR count). The molecule has 2 aromatic rings. The van der Waals surface area contributed by atoms with Crippen molar-refractivity contribution in [2.45, 2.75) is 26.8 Å². The number of allylic oxidation sites excluding steroid dienone is 2. The molecule has 120 valence electrons. The highest BCUT2D eigenvalue weighted by Gasteiger charge is 2.27. The minimum absolute atomic E-state index is 0.141. The van der Waals surface area contributed by atoms with Crippen LogP contribution in [-0.2, 0) is 13.0 Å². The Morgan fingerprint density at radius 2 is 2.22 bits per heavy atom. The van der Waals surface area contributed by atoms with Gasteiger partial charge in [0, 0.05) is 18.3 Å². The maximum absolute atomic E-state index is 12.7. The summed E-state index contributed by atoms with van der Waals surface area (Å²) in [5.74, 6) is -0.149. The number of amides is 1. The lowest BCUT2D eigenvalue weighted by Gasteiger charge is -2.27. The number of hydrogen-bond acceptors (Lipinski definition) is 3. The van der Waals surface area contributed by atoms with Gasteiger partial charge >= 0.3 is 0 Å². The summed E-state index contributed by atoms with van der Waals surface area (Å²) in [7, 11) is 0. The van der Waals surface area contributed by atoms with E-state index < -0.39 is 0 Å². The molecule has 0 aromatic carbocycles. The Labute approximate surface area is 144 Å². The molecule has 7 heteroatoms. The van der Waals surface area contributed by atoms with E-state index in [0.717, 1.165) is 23.4 Å². The molecule has 0 aliphatic carbocycles. The van der Waals surface area contributed by atoms with Crippen molar-refractivity contribution in [2.24, 2.45) is 0 Å². The summed E-state index contributed by atoms with van der Waals surface area (Å²) in [6.07, 6.45) is 4.28. The number of rotatable bonds is 2. The molecule has 1 aliphatic rings. The highest BCUT2D eigenvalue weighted by molar-refractivity contribution is 6.43. The van der Waals surface area contributed by atoms with Gasteiger partial charge in [-0.3, -0.25) is 9.89 Å². The fourth-order valence-electron chi connectivity index (χ4n) is 2.71. The van der Waals surface area contributed by atoms with Crippen LogP contribution < -0.4 is 0 Å². The average Bonchev–Trinajstić information content (AvgIpc) is 2.99. The summed E-state index contributed by atoms with van der Waals surface area (Å²) >= 11 is 12.0. The van der Waals surface area contributed by atoms with Crippen LogP contribution in [0, 0.1) is 0 Å². The first kappa shape index (κ1) is 16.0. The average molecular weight is 351 g/mol. The second kappa shape index (κ2) is 6.34. The van der Waals surface area contributed by atoms with Crippen LogP contribution in [0.25, 0.3) is 5.57 Å². The normalized spacial score (nSPS) is 14.8. The number of carbonyl (C=O) groups is 1. The molecule has 0 fully saturated rings. The highest BCUT2D eigenvalue weighted by atomic mass is 35.5. The minimum Gasteiger partial charge on any atom is -0.332 e. The van der Waals surface area contributed by atoms with E-state index >= 15 is 0 Å². The van der Waals surface area contributed by atoms with Gasteiger partial charge < -0.3 is 4.90 Å². The fraction of sp³-hybridized carbons (Fsp3) is 0.312. The summed E-state index contributed by atoms with van der Waals surface area (Å²) in [5.41, 5.74) is 4.64. The standard InChI is InChI=1S/C16H16Cl2N4O/c1-3-9(2)14-10-5-7-22(8-12(10)20-21-14)16(23)11-4-6-19-15(18)13(11)17/h3-4,6H,5,7-8H2,1-2H3,(H,20,21)/b9-3+. The number of fused-ring (bicyclic) bond motifs is 1. The Morgan fingerprint density at radius 1 is 1.43 bits per heavy atom. The molecule has 0 saturated heterocycles. The fourth-order valence-corrected chi connectivity index (χ4v) is 3.06. The van der Waals surface area contributed by atoms with Gasteiger partial charge in [0.2, 0.25) is 0 Å². The van der Waals surface area contributed by atoms with Crippen molar-refractivity contribution in [3.63, 3.8) is 0 Å². The lowest BCUT2D eigenvalue weighted by molar-refractivity contribution is 0.0732. The van der Waals surface area contributed by atoms with Crippen LogP contribution in [0.1, 0.15) is 41.2 Å². The number of aromatic amines is 1. The predicted octanol–water partition coefficient (Wildman–Crippen LogP) is 3.73. The van der Waals surface area contributed by atoms with Crippen molar-refractivity contribution >= 4 is 34.7 Å². The van der Waals surface area contributed by atoms with Crippen LogP contribution in [0.5, 0.6) is 0 Å². The number of halogens is 2. The molecule has 5 nitrogen and oxygen atoms in total. The van der Waals surface area contributed by atoms with Crippen LogP contribution >= 0.6 is 23.2 Å². The molecule has 1 amide bonds. The number of aromatic nitrogens is 3. The summed E-state index contributed by atoms with van der Waals surface area (Å²) in [5, 5.41) is 7.76. The van der Waals surface area contributed by atoms with Crippen molar-refractivity contribution in [3.8, 4) is 0 Å². The number of carbonyl (C=O) groups excluding carboxylic acids is 1. The van der Waals surface area contributed by atoms with E-state index in [9.17, 15) is 4.79 Å². The van der Waals surface area contributed by atoms with Crippen molar-refractivity contribution in [3.05, 3.63) is 51.0 Å². The van der Waals surface area contributed by atoms with Crippen LogP contribution in [0.2, 0.25) is 10.2 Å². The number of pyridine rings is 1. The van der Waals surface area contributed by atoms with Gasteiger partial charge in [0.1, 0.15) is 5.15 Å². The molecular weight excluding hydrogens is 335 g/mol. The molecule has 0 bridgehead atoms. The van der Waals surface area contributed by atoms with Gasteiger partial charge in [0.15, 0.2) is 0 Å². The van der Waals surface area contributed by atoms with E-state index in [4.69, 9.17) is 23.2 Å². The Bertz CT molecular complexity index is 797. The third-order valence-electron chi connectivity index (χ3n) is 4.10. The third kappa shape index (κ3) is 2.86. The van der Waals surface area contributed by atoms with Crippen molar-refractivity contribution in [2.75, 3.05) is 6.54 Å². The van der Waals surface area contributed by atoms with Gasteiger partial charge in [-0.2, -0.15) is 5.10 Å². The van der Waals surface area contributed by atoms with Gasteiger partial charge in [-0.25, -0.2) is 4.98 Å². The lowest BCUT2D eigenvalue weighted by Crippen LogP contribution is -2.36. The molecule has 0 unspecified atom stereocenters. The summed E-state index contributed by atoms with van der Waals surface area (Å²) in [4.78, 5) is 18.3. The molecule has 0 radical (unpaired) electrons. The van der Waals surface area contributed by atoms with Gasteiger partial charge in [0.25, 0.3) is 5.91 Å². The molecule has 1 aliphatic heterocycles. The lowest BCUT2D eigenvalue weighted by atomic mass is 10.00. The van der Waals surface area contributed by atoms with E-state index in [-0.39, 0.29) is 16.1 Å². The maximum Gasteiger partial charge on any atom is 0.255 e. The number of nitrogens with zero attached hydrogens (tertiary/aromatic N) is 3. The quantitative estimate of drug-likeness (QED) is 0.839. The molecule has 0 saturated carbocycles. The molecular formula is C16H16Cl2N4O. The first-order valence-corrected chi connectivity index (χ1v) is 8.07. The predicted molar refractivity (Wildman–Crippen MR) is 90.6 cm³/mol. The molecule has 3 heterocycles. The van der Waals surface area contributed by atoms with Crippen LogP contribution in [0.3, 0.4) is 0 Å².